The first-order valence-corrected chi connectivity index (χ1v) is 7.58. The van der Waals surface area contributed by atoms with Gasteiger partial charge in [0.1, 0.15) is 12.4 Å². The van der Waals surface area contributed by atoms with Crippen molar-refractivity contribution < 1.29 is 9.53 Å². The zero-order valence-corrected chi connectivity index (χ0v) is 12.4. The van der Waals surface area contributed by atoms with E-state index in [1.54, 1.807) is 12.1 Å². The second kappa shape index (κ2) is 8.17. The molecule has 2 rings (SSSR count). The number of anilines is 1. The van der Waals surface area contributed by atoms with Gasteiger partial charge in [-0.1, -0.05) is 36.9 Å². The zero-order valence-electron chi connectivity index (χ0n) is 11.6. The van der Waals surface area contributed by atoms with E-state index < -0.39 is 0 Å². The SMILES string of the molecule is C=CCOc1cccc(NC(=O)CSc2ccccc2)c1. The van der Waals surface area contributed by atoms with E-state index in [0.717, 1.165) is 10.6 Å². The second-order valence-electron chi connectivity index (χ2n) is 4.28. The van der Waals surface area contributed by atoms with Gasteiger partial charge in [-0.05, 0) is 24.3 Å². The van der Waals surface area contributed by atoms with Crippen LogP contribution in [0.1, 0.15) is 0 Å². The van der Waals surface area contributed by atoms with Crippen LogP contribution in [0.4, 0.5) is 5.69 Å². The molecule has 0 aliphatic carbocycles. The van der Waals surface area contributed by atoms with Crippen molar-refractivity contribution in [2.75, 3.05) is 17.7 Å². The highest BCUT2D eigenvalue weighted by molar-refractivity contribution is 8.00. The highest BCUT2D eigenvalue weighted by Crippen LogP contribution is 2.19. The maximum absolute atomic E-state index is 11.9. The lowest BCUT2D eigenvalue weighted by molar-refractivity contribution is -0.113. The van der Waals surface area contributed by atoms with Crippen molar-refractivity contribution in [1.29, 1.82) is 0 Å². The molecule has 2 aromatic rings. The number of hydrogen-bond donors (Lipinski definition) is 1. The highest BCUT2D eigenvalue weighted by Gasteiger charge is 2.04. The number of ether oxygens (including phenoxy) is 1. The molecule has 0 atom stereocenters. The van der Waals surface area contributed by atoms with Crippen LogP contribution in [-0.4, -0.2) is 18.3 Å². The summed E-state index contributed by atoms with van der Waals surface area (Å²) in [5.74, 6) is 1.05. The summed E-state index contributed by atoms with van der Waals surface area (Å²) < 4.78 is 5.43. The van der Waals surface area contributed by atoms with Gasteiger partial charge in [-0.2, -0.15) is 0 Å². The molecular formula is C17H17NO2S. The summed E-state index contributed by atoms with van der Waals surface area (Å²) >= 11 is 1.51. The van der Waals surface area contributed by atoms with Crippen LogP contribution in [-0.2, 0) is 4.79 Å². The van der Waals surface area contributed by atoms with E-state index in [2.05, 4.69) is 11.9 Å². The topological polar surface area (TPSA) is 38.3 Å². The molecule has 0 aliphatic heterocycles. The smallest absolute Gasteiger partial charge is 0.234 e. The Morgan fingerprint density at radius 3 is 2.76 bits per heavy atom. The molecule has 4 heteroatoms. The van der Waals surface area contributed by atoms with Crippen LogP contribution in [0.15, 0.2) is 72.1 Å². The van der Waals surface area contributed by atoms with Crippen molar-refractivity contribution in [1.82, 2.24) is 0 Å². The van der Waals surface area contributed by atoms with Crippen molar-refractivity contribution in [3.8, 4) is 5.75 Å². The lowest BCUT2D eigenvalue weighted by atomic mass is 10.3. The van der Waals surface area contributed by atoms with Gasteiger partial charge in [0.15, 0.2) is 0 Å². The van der Waals surface area contributed by atoms with Gasteiger partial charge in [-0.25, -0.2) is 0 Å². The van der Waals surface area contributed by atoms with Crippen LogP contribution in [0.5, 0.6) is 5.75 Å². The average Bonchev–Trinajstić information content (AvgIpc) is 2.52. The van der Waals surface area contributed by atoms with Crippen molar-refractivity contribution in [3.63, 3.8) is 0 Å². The molecule has 108 valence electrons. The lowest BCUT2D eigenvalue weighted by Crippen LogP contribution is -2.13. The van der Waals surface area contributed by atoms with E-state index in [-0.39, 0.29) is 5.91 Å². The highest BCUT2D eigenvalue weighted by atomic mass is 32.2. The zero-order chi connectivity index (χ0) is 14.9. The van der Waals surface area contributed by atoms with Gasteiger partial charge in [0, 0.05) is 16.6 Å². The molecule has 0 aromatic heterocycles. The minimum atomic E-state index is -0.0373. The molecule has 0 aliphatic rings. The molecule has 0 radical (unpaired) electrons. The quantitative estimate of drug-likeness (QED) is 0.621. The lowest BCUT2D eigenvalue weighted by Gasteiger charge is -2.08. The third-order valence-corrected chi connectivity index (χ3v) is 3.61. The van der Waals surface area contributed by atoms with Crippen LogP contribution >= 0.6 is 11.8 Å². The summed E-state index contributed by atoms with van der Waals surface area (Å²) in [6, 6.07) is 17.2. The van der Waals surface area contributed by atoms with Gasteiger partial charge in [-0.3, -0.25) is 4.79 Å². The Hall–Kier alpha value is -2.20. The third kappa shape index (κ3) is 5.36. The van der Waals surface area contributed by atoms with E-state index in [0.29, 0.717) is 18.1 Å². The van der Waals surface area contributed by atoms with E-state index in [1.807, 2.05) is 48.5 Å². The summed E-state index contributed by atoms with van der Waals surface area (Å²) in [6.45, 7) is 4.05. The van der Waals surface area contributed by atoms with Gasteiger partial charge in [-0.15, -0.1) is 11.8 Å². The standard InChI is InChI=1S/C17H17NO2S/c1-2-11-20-15-8-6-7-14(12-15)18-17(19)13-21-16-9-4-3-5-10-16/h2-10,12H,1,11,13H2,(H,18,19). The molecule has 0 bridgehead atoms. The molecule has 1 amide bonds. The van der Waals surface area contributed by atoms with Crippen molar-refractivity contribution in [3.05, 3.63) is 67.3 Å². The average molecular weight is 299 g/mol. The number of carbonyl (C=O) groups is 1. The summed E-state index contributed by atoms with van der Waals surface area (Å²) in [7, 11) is 0. The monoisotopic (exact) mass is 299 g/mol. The summed E-state index contributed by atoms with van der Waals surface area (Å²) in [6.07, 6.45) is 1.68. The predicted octanol–water partition coefficient (Wildman–Crippen LogP) is 3.98. The maximum Gasteiger partial charge on any atom is 0.234 e. The molecule has 3 nitrogen and oxygen atoms in total. The molecule has 1 N–H and O–H groups in total. The Morgan fingerprint density at radius 1 is 1.19 bits per heavy atom. The normalized spacial score (nSPS) is 9.90. The Bertz CT molecular complexity index is 599. The van der Waals surface area contributed by atoms with Crippen molar-refractivity contribution >= 4 is 23.4 Å². The molecule has 2 aromatic carbocycles. The van der Waals surface area contributed by atoms with Crippen LogP contribution in [0, 0.1) is 0 Å². The molecule has 0 saturated carbocycles. The van der Waals surface area contributed by atoms with Crippen LogP contribution in [0.3, 0.4) is 0 Å². The first-order valence-electron chi connectivity index (χ1n) is 6.59. The molecular weight excluding hydrogens is 282 g/mol. The van der Waals surface area contributed by atoms with Crippen molar-refractivity contribution in [2.24, 2.45) is 0 Å². The van der Waals surface area contributed by atoms with E-state index in [9.17, 15) is 4.79 Å². The van der Waals surface area contributed by atoms with Gasteiger partial charge in [0.05, 0.1) is 5.75 Å². The summed E-state index contributed by atoms with van der Waals surface area (Å²) in [5.41, 5.74) is 0.732. The number of hydrogen-bond acceptors (Lipinski definition) is 3. The number of rotatable bonds is 7. The van der Waals surface area contributed by atoms with E-state index in [1.165, 1.54) is 11.8 Å². The predicted molar refractivity (Wildman–Crippen MR) is 87.9 cm³/mol. The second-order valence-corrected chi connectivity index (χ2v) is 5.33. The van der Waals surface area contributed by atoms with E-state index >= 15 is 0 Å². The number of carbonyl (C=O) groups excluding carboxylic acids is 1. The molecule has 0 unspecified atom stereocenters. The van der Waals surface area contributed by atoms with Gasteiger partial charge in [0.25, 0.3) is 0 Å². The third-order valence-electron chi connectivity index (χ3n) is 2.60. The number of benzene rings is 2. The summed E-state index contributed by atoms with van der Waals surface area (Å²) in [5, 5.41) is 2.86. The van der Waals surface area contributed by atoms with E-state index in [4.69, 9.17) is 4.74 Å². The molecule has 0 saturated heterocycles. The molecule has 0 heterocycles. The number of nitrogens with one attached hydrogen (secondary N) is 1. The Kier molecular flexibility index (Phi) is 5.91. The van der Waals surface area contributed by atoms with Crippen LogP contribution in [0.25, 0.3) is 0 Å². The minimum Gasteiger partial charge on any atom is -0.489 e. The fourth-order valence-corrected chi connectivity index (χ4v) is 2.40. The van der Waals surface area contributed by atoms with Crippen LogP contribution in [0.2, 0.25) is 0 Å². The summed E-state index contributed by atoms with van der Waals surface area (Å²) in [4.78, 5) is 13.0. The van der Waals surface area contributed by atoms with Crippen LogP contribution < -0.4 is 10.1 Å². The fourth-order valence-electron chi connectivity index (χ4n) is 1.68. The first kappa shape index (κ1) is 15.2. The number of thioether (sulfide) groups is 1. The minimum absolute atomic E-state index is 0.0373. The van der Waals surface area contributed by atoms with Crippen molar-refractivity contribution in [2.45, 2.75) is 4.90 Å². The Morgan fingerprint density at radius 2 is 2.00 bits per heavy atom. The molecule has 0 fully saturated rings. The first-order chi connectivity index (χ1) is 10.3. The van der Waals surface area contributed by atoms with Gasteiger partial charge in [0.2, 0.25) is 5.91 Å². The Labute approximate surface area is 129 Å². The molecule has 0 spiro atoms. The fraction of sp³-hybridized carbons (Fsp3) is 0.118. The number of amides is 1. The van der Waals surface area contributed by atoms with Gasteiger partial charge >= 0.3 is 0 Å². The Balaban J connectivity index is 1.86. The van der Waals surface area contributed by atoms with Gasteiger partial charge < -0.3 is 10.1 Å². The molecule has 21 heavy (non-hydrogen) atoms. The maximum atomic E-state index is 11.9. The largest absolute Gasteiger partial charge is 0.489 e.